The molecule has 1 unspecified atom stereocenters. The Kier molecular flexibility index (Phi) is 5.57. The molecule has 1 saturated heterocycles. The van der Waals surface area contributed by atoms with Crippen molar-refractivity contribution in [3.8, 4) is 11.3 Å². The van der Waals surface area contributed by atoms with Crippen molar-refractivity contribution in [1.29, 1.82) is 0 Å². The number of aromatic amines is 1. The minimum absolute atomic E-state index is 0.114. The summed E-state index contributed by atoms with van der Waals surface area (Å²) in [6.07, 6.45) is 2.92. The molecule has 6 heteroatoms. The molecule has 1 atom stereocenters. The van der Waals surface area contributed by atoms with Crippen LogP contribution < -0.4 is 0 Å². The summed E-state index contributed by atoms with van der Waals surface area (Å²) in [4.78, 5) is 23.4. The molecule has 0 aliphatic carbocycles. The van der Waals surface area contributed by atoms with Gasteiger partial charge in [0.2, 0.25) is 5.91 Å². The molecule has 176 valence electrons. The molecule has 2 aromatic heterocycles. The maximum atomic E-state index is 13.5. The quantitative estimate of drug-likeness (QED) is 0.323. The Morgan fingerprint density at radius 2 is 1.86 bits per heavy atom. The number of hydrogen-bond donors (Lipinski definition) is 1. The Balaban J connectivity index is 1.21. The minimum Gasteiger partial charge on any atom is -0.440 e. The van der Waals surface area contributed by atoms with E-state index in [1.165, 1.54) is 12.1 Å². The number of likely N-dealkylation sites (tertiary alicyclic amines) is 1. The lowest BCUT2D eigenvalue weighted by Crippen LogP contribution is -2.39. The summed E-state index contributed by atoms with van der Waals surface area (Å²) in [5.41, 5.74) is 5.62. The number of carbonyl (C=O) groups is 1. The van der Waals surface area contributed by atoms with Gasteiger partial charge in [0, 0.05) is 36.1 Å². The Morgan fingerprint density at radius 1 is 1.06 bits per heavy atom. The van der Waals surface area contributed by atoms with E-state index in [0.29, 0.717) is 19.4 Å². The zero-order chi connectivity index (χ0) is 23.8. The van der Waals surface area contributed by atoms with Gasteiger partial charge in [-0.3, -0.25) is 4.79 Å². The predicted molar refractivity (Wildman–Crippen MR) is 135 cm³/mol. The summed E-state index contributed by atoms with van der Waals surface area (Å²) in [6.45, 7) is 1.39. The molecule has 3 aromatic carbocycles. The first-order valence-electron chi connectivity index (χ1n) is 12.1. The summed E-state index contributed by atoms with van der Waals surface area (Å²) in [5.74, 6) is 0.711. The average molecular weight is 468 g/mol. The minimum atomic E-state index is -0.264. The van der Waals surface area contributed by atoms with Crippen molar-refractivity contribution in [2.75, 3.05) is 13.1 Å². The van der Waals surface area contributed by atoms with Crippen LogP contribution in [-0.4, -0.2) is 33.9 Å². The second kappa shape index (κ2) is 9.02. The maximum absolute atomic E-state index is 13.5. The highest BCUT2D eigenvalue weighted by molar-refractivity contribution is 5.91. The zero-order valence-electron chi connectivity index (χ0n) is 19.3. The van der Waals surface area contributed by atoms with Gasteiger partial charge in [-0.2, -0.15) is 0 Å². The van der Waals surface area contributed by atoms with Crippen LogP contribution in [-0.2, 0) is 11.2 Å². The third-order valence-corrected chi connectivity index (χ3v) is 6.97. The number of aromatic nitrogens is 2. The number of fused-ring (bicyclic) bond motifs is 2. The van der Waals surface area contributed by atoms with Gasteiger partial charge in [0.05, 0.1) is 5.92 Å². The number of nitrogens with zero attached hydrogens (tertiary/aromatic N) is 2. The van der Waals surface area contributed by atoms with Crippen LogP contribution in [0.15, 0.2) is 77.2 Å². The standard InChI is InChI=1S/C29H26FN3O2/c30-21-13-11-19(12-14-21)28-23(22-7-1-2-8-24(22)31-28)15-16-27(34)33-17-5-6-20(18-33)29-32-25-9-3-4-10-26(25)35-29/h1-4,7-14,20,31H,5-6,15-18H2. The second-order valence-corrected chi connectivity index (χ2v) is 9.23. The van der Waals surface area contributed by atoms with Crippen LogP contribution in [0.4, 0.5) is 4.39 Å². The van der Waals surface area contributed by atoms with Crippen molar-refractivity contribution < 1.29 is 13.6 Å². The van der Waals surface area contributed by atoms with Gasteiger partial charge in [-0.05, 0) is 72.9 Å². The van der Waals surface area contributed by atoms with E-state index >= 15 is 0 Å². The number of hydrogen-bond acceptors (Lipinski definition) is 3. The fraction of sp³-hybridized carbons (Fsp3) is 0.241. The number of para-hydroxylation sites is 3. The lowest BCUT2D eigenvalue weighted by atomic mass is 9.96. The van der Waals surface area contributed by atoms with Crippen LogP contribution in [0.25, 0.3) is 33.3 Å². The SMILES string of the molecule is O=C(CCc1c(-c2ccc(F)cc2)[nH]c2ccccc12)N1CCCC(c2nc3ccccc3o2)C1. The average Bonchev–Trinajstić information content (AvgIpc) is 3.50. The van der Waals surface area contributed by atoms with Gasteiger partial charge in [-0.15, -0.1) is 0 Å². The number of H-pyrrole nitrogens is 1. The summed E-state index contributed by atoms with van der Waals surface area (Å²) in [5, 5.41) is 1.10. The summed E-state index contributed by atoms with van der Waals surface area (Å²) in [7, 11) is 0. The first kappa shape index (κ1) is 21.6. The number of amides is 1. The lowest BCUT2D eigenvalue weighted by Gasteiger charge is -2.31. The van der Waals surface area contributed by atoms with Gasteiger partial charge in [-0.1, -0.05) is 30.3 Å². The highest BCUT2D eigenvalue weighted by Gasteiger charge is 2.28. The Morgan fingerprint density at radius 3 is 2.71 bits per heavy atom. The molecular weight excluding hydrogens is 441 g/mol. The number of rotatable bonds is 5. The van der Waals surface area contributed by atoms with Crippen molar-refractivity contribution in [1.82, 2.24) is 14.9 Å². The van der Waals surface area contributed by atoms with Crippen molar-refractivity contribution in [2.24, 2.45) is 0 Å². The van der Waals surface area contributed by atoms with E-state index in [1.807, 2.05) is 47.4 Å². The molecule has 1 amide bonds. The van der Waals surface area contributed by atoms with E-state index in [1.54, 1.807) is 12.1 Å². The molecule has 35 heavy (non-hydrogen) atoms. The van der Waals surface area contributed by atoms with Gasteiger partial charge in [-0.25, -0.2) is 9.37 Å². The lowest BCUT2D eigenvalue weighted by molar-refractivity contribution is -0.132. The summed E-state index contributed by atoms with van der Waals surface area (Å²) in [6, 6.07) is 22.4. The molecular formula is C29H26FN3O2. The molecule has 1 N–H and O–H groups in total. The Labute approximate surface area is 202 Å². The van der Waals surface area contributed by atoms with Crippen LogP contribution in [0.2, 0.25) is 0 Å². The largest absolute Gasteiger partial charge is 0.440 e. The van der Waals surface area contributed by atoms with Crippen LogP contribution in [0.5, 0.6) is 0 Å². The molecule has 0 saturated carbocycles. The van der Waals surface area contributed by atoms with Gasteiger partial charge in [0.15, 0.2) is 11.5 Å². The number of oxazole rings is 1. The van der Waals surface area contributed by atoms with Gasteiger partial charge < -0.3 is 14.3 Å². The van der Waals surface area contributed by atoms with E-state index in [2.05, 4.69) is 16.0 Å². The molecule has 0 spiro atoms. The molecule has 6 rings (SSSR count). The molecule has 3 heterocycles. The van der Waals surface area contributed by atoms with Crippen LogP contribution in [0, 0.1) is 5.82 Å². The first-order chi connectivity index (χ1) is 17.2. The molecule has 1 aliphatic rings. The molecule has 0 radical (unpaired) electrons. The van der Waals surface area contributed by atoms with Gasteiger partial charge in [0.25, 0.3) is 0 Å². The molecule has 5 nitrogen and oxygen atoms in total. The van der Waals surface area contributed by atoms with Crippen LogP contribution >= 0.6 is 0 Å². The number of piperidine rings is 1. The topological polar surface area (TPSA) is 62.1 Å². The third-order valence-electron chi connectivity index (χ3n) is 6.97. The van der Waals surface area contributed by atoms with Crippen molar-refractivity contribution in [3.63, 3.8) is 0 Å². The first-order valence-corrected chi connectivity index (χ1v) is 12.1. The molecule has 1 fully saturated rings. The van der Waals surface area contributed by atoms with E-state index < -0.39 is 0 Å². The predicted octanol–water partition coefficient (Wildman–Crippen LogP) is 6.45. The van der Waals surface area contributed by atoms with Gasteiger partial charge in [0.1, 0.15) is 11.3 Å². The summed E-state index contributed by atoms with van der Waals surface area (Å²) >= 11 is 0. The summed E-state index contributed by atoms with van der Waals surface area (Å²) < 4.78 is 19.5. The van der Waals surface area contributed by atoms with Crippen molar-refractivity contribution in [2.45, 2.75) is 31.6 Å². The second-order valence-electron chi connectivity index (χ2n) is 9.23. The van der Waals surface area contributed by atoms with E-state index in [0.717, 1.165) is 64.1 Å². The Hall–Kier alpha value is -3.93. The fourth-order valence-electron chi connectivity index (χ4n) is 5.18. The van der Waals surface area contributed by atoms with Crippen LogP contribution in [0.1, 0.15) is 36.6 Å². The van der Waals surface area contributed by atoms with Gasteiger partial charge >= 0.3 is 0 Å². The number of nitrogens with one attached hydrogen (secondary N) is 1. The van der Waals surface area contributed by atoms with E-state index in [-0.39, 0.29) is 17.6 Å². The van der Waals surface area contributed by atoms with Crippen molar-refractivity contribution in [3.05, 3.63) is 90.1 Å². The van der Waals surface area contributed by atoms with E-state index in [9.17, 15) is 9.18 Å². The monoisotopic (exact) mass is 467 g/mol. The zero-order valence-corrected chi connectivity index (χ0v) is 19.3. The maximum Gasteiger partial charge on any atom is 0.222 e. The normalized spacial score (nSPS) is 16.3. The fourth-order valence-corrected chi connectivity index (χ4v) is 5.18. The Bertz CT molecular complexity index is 1470. The smallest absolute Gasteiger partial charge is 0.222 e. The molecule has 5 aromatic rings. The highest BCUT2D eigenvalue weighted by atomic mass is 19.1. The van der Waals surface area contributed by atoms with Crippen LogP contribution in [0.3, 0.4) is 0 Å². The number of halogens is 1. The highest BCUT2D eigenvalue weighted by Crippen LogP contribution is 2.33. The number of aryl methyl sites for hydroxylation is 1. The number of carbonyl (C=O) groups excluding carboxylic acids is 1. The van der Waals surface area contributed by atoms with E-state index in [4.69, 9.17) is 4.42 Å². The van der Waals surface area contributed by atoms with Crippen molar-refractivity contribution >= 4 is 27.9 Å². The molecule has 0 bridgehead atoms. The number of benzene rings is 3. The third kappa shape index (κ3) is 4.20. The molecule has 1 aliphatic heterocycles.